The van der Waals surface area contributed by atoms with E-state index >= 15 is 0 Å². The van der Waals surface area contributed by atoms with Crippen molar-refractivity contribution < 1.29 is 19.4 Å². The molecule has 1 aromatic rings. The first-order valence-electron chi connectivity index (χ1n) is 5.76. The highest BCUT2D eigenvalue weighted by molar-refractivity contribution is 7.13. The maximum Gasteiger partial charge on any atom is 0.328 e. The highest BCUT2D eigenvalue weighted by atomic mass is 35.5. The molecule has 1 aromatic heterocycles. The number of hydrogen-bond donors (Lipinski definition) is 1. The lowest BCUT2D eigenvalue weighted by Gasteiger charge is -2.21. The second-order valence-corrected chi connectivity index (χ2v) is 5.71. The van der Waals surface area contributed by atoms with Gasteiger partial charge in [0.1, 0.15) is 10.9 Å². The first-order valence-corrected chi connectivity index (χ1v) is 7.02. The molecular weight excluding hydrogens is 290 g/mol. The van der Waals surface area contributed by atoms with Gasteiger partial charge < -0.3 is 14.7 Å². The van der Waals surface area contributed by atoms with Crippen molar-refractivity contribution in [3.05, 3.63) is 20.8 Å². The van der Waals surface area contributed by atoms with Crippen molar-refractivity contribution in [2.45, 2.75) is 25.5 Å². The molecule has 1 fully saturated rings. The summed E-state index contributed by atoms with van der Waals surface area (Å²) in [7, 11) is 1.26. The molecule has 0 aromatic carbocycles. The summed E-state index contributed by atoms with van der Waals surface area (Å²) >= 11 is 7.30. The van der Waals surface area contributed by atoms with Crippen molar-refractivity contribution in [2.24, 2.45) is 0 Å². The standard InChI is InChI=1S/C12H14ClNO4S/c1-6-5-19-10(9(6)13)11(16)14-4-7(15)3-8(14)12(17)18-2/h5,7-8,15H,3-4H2,1-2H3. The molecule has 0 bridgehead atoms. The smallest absolute Gasteiger partial charge is 0.328 e. The first-order chi connectivity index (χ1) is 8.95. The van der Waals surface area contributed by atoms with Crippen molar-refractivity contribution >= 4 is 34.8 Å². The van der Waals surface area contributed by atoms with Gasteiger partial charge in [-0.25, -0.2) is 4.79 Å². The molecule has 1 N–H and O–H groups in total. The zero-order valence-corrected chi connectivity index (χ0v) is 12.1. The summed E-state index contributed by atoms with van der Waals surface area (Å²) in [5, 5.41) is 11.8. The van der Waals surface area contributed by atoms with E-state index in [1.165, 1.54) is 23.3 Å². The van der Waals surface area contributed by atoms with Crippen LogP contribution in [-0.2, 0) is 9.53 Å². The number of esters is 1. The molecular formula is C12H14ClNO4S. The SMILES string of the molecule is COC(=O)C1CC(O)CN1C(=O)c1scc(C)c1Cl. The second-order valence-electron chi connectivity index (χ2n) is 4.45. The van der Waals surface area contributed by atoms with Crippen molar-refractivity contribution in [1.82, 2.24) is 4.90 Å². The van der Waals surface area contributed by atoms with Gasteiger partial charge in [-0.3, -0.25) is 4.79 Å². The fourth-order valence-corrected chi connectivity index (χ4v) is 3.33. The average Bonchev–Trinajstić information content (AvgIpc) is 2.93. The number of carbonyl (C=O) groups is 2. The number of aryl methyl sites for hydroxylation is 1. The molecule has 7 heteroatoms. The van der Waals surface area contributed by atoms with Crippen LogP contribution in [0.5, 0.6) is 0 Å². The number of thiophene rings is 1. The maximum absolute atomic E-state index is 12.4. The number of amides is 1. The molecule has 104 valence electrons. The number of rotatable bonds is 2. The minimum absolute atomic E-state index is 0.117. The molecule has 0 saturated carbocycles. The van der Waals surface area contributed by atoms with E-state index in [0.29, 0.717) is 9.90 Å². The molecule has 2 heterocycles. The van der Waals surface area contributed by atoms with Crippen molar-refractivity contribution in [3.8, 4) is 0 Å². The Balaban J connectivity index is 2.27. The summed E-state index contributed by atoms with van der Waals surface area (Å²) in [4.78, 5) is 25.7. The molecule has 0 aliphatic carbocycles. The molecule has 1 aliphatic rings. The van der Waals surface area contributed by atoms with E-state index in [9.17, 15) is 14.7 Å². The number of likely N-dealkylation sites (tertiary alicyclic amines) is 1. The molecule has 2 unspecified atom stereocenters. The van der Waals surface area contributed by atoms with Gasteiger partial charge in [-0.05, 0) is 17.9 Å². The number of nitrogens with zero attached hydrogens (tertiary/aromatic N) is 1. The Bertz CT molecular complexity index is 516. The van der Waals surface area contributed by atoms with E-state index < -0.39 is 18.1 Å². The van der Waals surface area contributed by atoms with Gasteiger partial charge in [-0.1, -0.05) is 11.6 Å². The zero-order chi connectivity index (χ0) is 14.2. The van der Waals surface area contributed by atoms with Crippen LogP contribution in [0, 0.1) is 6.92 Å². The predicted octanol–water partition coefficient (Wildman–Crippen LogP) is 1.46. The third-order valence-corrected chi connectivity index (χ3v) is 4.79. The Morgan fingerprint density at radius 2 is 2.26 bits per heavy atom. The van der Waals surface area contributed by atoms with Crippen LogP contribution in [0.15, 0.2) is 5.38 Å². The van der Waals surface area contributed by atoms with Crippen LogP contribution in [-0.4, -0.2) is 47.7 Å². The number of aliphatic hydroxyl groups is 1. The fourth-order valence-electron chi connectivity index (χ4n) is 2.10. The molecule has 2 rings (SSSR count). The molecule has 2 atom stereocenters. The molecule has 0 radical (unpaired) electrons. The van der Waals surface area contributed by atoms with Gasteiger partial charge >= 0.3 is 5.97 Å². The molecule has 1 saturated heterocycles. The van der Waals surface area contributed by atoms with Crippen molar-refractivity contribution in [2.75, 3.05) is 13.7 Å². The van der Waals surface area contributed by atoms with E-state index in [4.69, 9.17) is 11.6 Å². The molecule has 1 aliphatic heterocycles. The van der Waals surface area contributed by atoms with Gasteiger partial charge in [0.15, 0.2) is 0 Å². The predicted molar refractivity (Wildman–Crippen MR) is 71.5 cm³/mol. The van der Waals surface area contributed by atoms with Gasteiger partial charge in [0, 0.05) is 13.0 Å². The first kappa shape index (κ1) is 14.3. The van der Waals surface area contributed by atoms with Crippen LogP contribution in [0.1, 0.15) is 21.7 Å². The van der Waals surface area contributed by atoms with Gasteiger partial charge in [-0.15, -0.1) is 11.3 Å². The van der Waals surface area contributed by atoms with E-state index in [0.717, 1.165) is 5.56 Å². The minimum atomic E-state index is -0.744. The van der Waals surface area contributed by atoms with Crippen LogP contribution < -0.4 is 0 Å². The Morgan fingerprint density at radius 1 is 1.58 bits per heavy atom. The van der Waals surface area contributed by atoms with Crippen LogP contribution in [0.3, 0.4) is 0 Å². The topological polar surface area (TPSA) is 66.8 Å². The van der Waals surface area contributed by atoms with Crippen LogP contribution in [0.2, 0.25) is 5.02 Å². The number of hydrogen-bond acceptors (Lipinski definition) is 5. The van der Waals surface area contributed by atoms with Gasteiger partial charge in [0.05, 0.1) is 18.2 Å². The minimum Gasteiger partial charge on any atom is -0.467 e. The van der Waals surface area contributed by atoms with Gasteiger partial charge in [0.25, 0.3) is 5.91 Å². The average molecular weight is 304 g/mol. The Kier molecular flexibility index (Phi) is 4.13. The molecule has 19 heavy (non-hydrogen) atoms. The van der Waals surface area contributed by atoms with Gasteiger partial charge in [0.2, 0.25) is 0 Å². The Hall–Kier alpha value is -1.11. The Morgan fingerprint density at radius 3 is 2.79 bits per heavy atom. The normalized spacial score (nSPS) is 22.6. The highest BCUT2D eigenvalue weighted by Crippen LogP contribution is 2.31. The summed E-state index contributed by atoms with van der Waals surface area (Å²) in [6.07, 6.45) is -0.520. The van der Waals surface area contributed by atoms with Crippen LogP contribution in [0.4, 0.5) is 0 Å². The van der Waals surface area contributed by atoms with Crippen LogP contribution >= 0.6 is 22.9 Å². The van der Waals surface area contributed by atoms with E-state index in [1.54, 1.807) is 5.38 Å². The van der Waals surface area contributed by atoms with Crippen LogP contribution in [0.25, 0.3) is 0 Å². The number of methoxy groups -OCH3 is 1. The number of carbonyl (C=O) groups excluding carboxylic acids is 2. The summed E-state index contributed by atoms with van der Waals surface area (Å²) in [6.45, 7) is 1.93. The third kappa shape index (κ3) is 2.61. The summed E-state index contributed by atoms with van der Waals surface area (Å²) in [6, 6.07) is -0.744. The zero-order valence-electron chi connectivity index (χ0n) is 10.6. The lowest BCUT2D eigenvalue weighted by atomic mass is 10.2. The van der Waals surface area contributed by atoms with Crippen molar-refractivity contribution in [3.63, 3.8) is 0 Å². The largest absolute Gasteiger partial charge is 0.467 e. The van der Waals surface area contributed by atoms with Crippen molar-refractivity contribution in [1.29, 1.82) is 0 Å². The van der Waals surface area contributed by atoms with Gasteiger partial charge in [-0.2, -0.15) is 0 Å². The summed E-state index contributed by atoms with van der Waals surface area (Å²) < 4.78 is 4.66. The molecule has 0 spiro atoms. The molecule has 5 nitrogen and oxygen atoms in total. The lowest BCUT2D eigenvalue weighted by Crippen LogP contribution is -2.41. The molecule has 1 amide bonds. The lowest BCUT2D eigenvalue weighted by molar-refractivity contribution is -0.145. The third-order valence-electron chi connectivity index (χ3n) is 3.11. The summed E-state index contributed by atoms with van der Waals surface area (Å²) in [5.74, 6) is -0.857. The Labute approximate surface area is 119 Å². The van der Waals surface area contributed by atoms with E-state index in [-0.39, 0.29) is 18.9 Å². The number of β-amino-alcohol motifs (C(OH)–C–C–N with tert-alkyl or cyclic N) is 1. The highest BCUT2D eigenvalue weighted by Gasteiger charge is 2.40. The number of aliphatic hydroxyl groups excluding tert-OH is 1. The quantitative estimate of drug-likeness (QED) is 0.840. The number of halogens is 1. The maximum atomic E-state index is 12.4. The summed E-state index contributed by atoms with van der Waals surface area (Å²) in [5.41, 5.74) is 0.824. The van der Waals surface area contributed by atoms with E-state index in [1.807, 2.05) is 6.92 Å². The fraction of sp³-hybridized carbons (Fsp3) is 0.500. The van der Waals surface area contributed by atoms with E-state index in [2.05, 4.69) is 4.74 Å². The monoisotopic (exact) mass is 303 g/mol. The number of ether oxygens (including phenoxy) is 1. The second kappa shape index (κ2) is 5.48.